The Hall–Kier alpha value is -1.40. The van der Waals surface area contributed by atoms with Crippen molar-refractivity contribution < 1.29 is 4.74 Å². The fourth-order valence-corrected chi connectivity index (χ4v) is 2.40. The summed E-state index contributed by atoms with van der Waals surface area (Å²) >= 11 is 1.62. The number of nitrogens with two attached hydrogens (primary N) is 1. The average molecular weight is 252 g/mol. The maximum atomic E-state index is 5.69. The van der Waals surface area contributed by atoms with Crippen LogP contribution in [0.1, 0.15) is 11.8 Å². The first-order valence-corrected chi connectivity index (χ1v) is 6.22. The van der Waals surface area contributed by atoms with Gasteiger partial charge in [0.2, 0.25) is 5.95 Å². The molecule has 0 saturated heterocycles. The average Bonchev–Trinajstić information content (AvgIpc) is 2.65. The molecule has 1 unspecified atom stereocenters. The molecule has 0 saturated carbocycles. The summed E-state index contributed by atoms with van der Waals surface area (Å²) in [6.45, 7) is 4.73. The molecule has 0 radical (unpaired) electrons. The Morgan fingerprint density at radius 1 is 1.53 bits per heavy atom. The van der Waals surface area contributed by atoms with Crippen molar-refractivity contribution in [2.75, 3.05) is 24.7 Å². The van der Waals surface area contributed by atoms with Crippen molar-refractivity contribution >= 4 is 33.3 Å². The molecule has 3 N–H and O–H groups in total. The van der Waals surface area contributed by atoms with E-state index in [2.05, 4.69) is 21.4 Å². The summed E-state index contributed by atoms with van der Waals surface area (Å²) < 4.78 is 5.18. The minimum atomic E-state index is 0.126. The minimum absolute atomic E-state index is 0.126. The molecule has 0 aliphatic rings. The van der Waals surface area contributed by atoms with E-state index < -0.39 is 0 Å². The van der Waals surface area contributed by atoms with Gasteiger partial charge in [0.15, 0.2) is 0 Å². The molecule has 6 heteroatoms. The van der Waals surface area contributed by atoms with Crippen LogP contribution in [0.5, 0.6) is 0 Å². The quantitative estimate of drug-likeness (QED) is 0.871. The minimum Gasteiger partial charge on any atom is -0.380 e. The smallest absolute Gasteiger partial charge is 0.223 e. The maximum Gasteiger partial charge on any atom is 0.223 e. The molecular formula is C11H16N4OS. The number of anilines is 2. The predicted octanol–water partition coefficient (Wildman–Crippen LogP) is 2.03. The van der Waals surface area contributed by atoms with Gasteiger partial charge in [-0.3, -0.25) is 0 Å². The third-order valence-electron chi connectivity index (χ3n) is 2.49. The fourth-order valence-electron chi connectivity index (χ4n) is 1.52. The third kappa shape index (κ3) is 2.65. The van der Waals surface area contributed by atoms with Gasteiger partial charge >= 0.3 is 0 Å². The molecule has 5 nitrogen and oxygen atoms in total. The van der Waals surface area contributed by atoms with Crippen LogP contribution in [0.4, 0.5) is 11.8 Å². The van der Waals surface area contributed by atoms with E-state index in [9.17, 15) is 0 Å². The van der Waals surface area contributed by atoms with E-state index >= 15 is 0 Å². The summed E-state index contributed by atoms with van der Waals surface area (Å²) in [6, 6.07) is 2.07. The summed E-state index contributed by atoms with van der Waals surface area (Å²) in [7, 11) is 1.69. The molecule has 0 amide bonds. The Morgan fingerprint density at radius 3 is 3.00 bits per heavy atom. The Labute approximate surface area is 104 Å². The predicted molar refractivity (Wildman–Crippen MR) is 71.5 cm³/mol. The number of ether oxygens (including phenoxy) is 1. The lowest BCUT2D eigenvalue weighted by Crippen LogP contribution is -2.19. The Kier molecular flexibility index (Phi) is 3.44. The van der Waals surface area contributed by atoms with Crippen LogP contribution < -0.4 is 11.1 Å². The number of rotatable bonds is 4. The number of fused-ring (bicyclic) bond motifs is 1. The van der Waals surface area contributed by atoms with Gasteiger partial charge in [0, 0.05) is 18.5 Å². The first kappa shape index (κ1) is 12.1. The number of hydrogen-bond acceptors (Lipinski definition) is 6. The van der Waals surface area contributed by atoms with Gasteiger partial charge < -0.3 is 15.8 Å². The Morgan fingerprint density at radius 2 is 2.29 bits per heavy atom. The van der Waals surface area contributed by atoms with Crippen molar-refractivity contribution in [3.05, 3.63) is 10.9 Å². The van der Waals surface area contributed by atoms with Gasteiger partial charge in [-0.1, -0.05) is 0 Å². The Bertz CT molecular complexity index is 525. The number of methoxy groups -OCH3 is 1. The van der Waals surface area contributed by atoms with Crippen molar-refractivity contribution in [3.8, 4) is 0 Å². The second-order valence-electron chi connectivity index (χ2n) is 3.93. The summed E-state index contributed by atoms with van der Waals surface area (Å²) in [4.78, 5) is 10.6. The first-order valence-electron chi connectivity index (χ1n) is 5.40. The van der Waals surface area contributed by atoms with Gasteiger partial charge in [-0.2, -0.15) is 4.98 Å². The molecular weight excluding hydrogens is 236 g/mol. The van der Waals surface area contributed by atoms with Crippen LogP contribution in [0.3, 0.4) is 0 Å². The number of aromatic nitrogens is 2. The zero-order valence-corrected chi connectivity index (χ0v) is 11.0. The van der Waals surface area contributed by atoms with Gasteiger partial charge in [-0.25, -0.2) is 4.98 Å². The van der Waals surface area contributed by atoms with Crippen LogP contribution in [0.2, 0.25) is 0 Å². The van der Waals surface area contributed by atoms with Gasteiger partial charge in [0.1, 0.15) is 10.6 Å². The molecule has 0 aliphatic heterocycles. The zero-order valence-electron chi connectivity index (χ0n) is 10.2. The second-order valence-corrected chi connectivity index (χ2v) is 5.17. The number of thiophene rings is 1. The van der Waals surface area contributed by atoms with E-state index in [4.69, 9.17) is 10.5 Å². The standard InChI is InChI=1S/C11H16N4OS/c1-6(16-3)5-13-9-8-4-7(2)17-10(8)15-11(12)14-9/h4,6H,5H2,1-3H3,(H3,12,13,14,15). The highest BCUT2D eigenvalue weighted by molar-refractivity contribution is 7.18. The number of aryl methyl sites for hydroxylation is 1. The lowest BCUT2D eigenvalue weighted by atomic mass is 10.3. The molecule has 2 rings (SSSR count). The van der Waals surface area contributed by atoms with E-state index in [1.807, 2.05) is 13.8 Å². The normalized spacial score (nSPS) is 12.9. The first-order chi connectivity index (χ1) is 8.10. The van der Waals surface area contributed by atoms with E-state index in [0.717, 1.165) is 16.0 Å². The molecule has 0 bridgehead atoms. The molecule has 1 atom stereocenters. The molecule has 2 aromatic rings. The second kappa shape index (κ2) is 4.85. The number of hydrogen-bond donors (Lipinski definition) is 2. The van der Waals surface area contributed by atoms with Crippen LogP contribution in [0, 0.1) is 6.92 Å². The highest BCUT2D eigenvalue weighted by Crippen LogP contribution is 2.28. The summed E-state index contributed by atoms with van der Waals surface area (Å²) in [6.07, 6.45) is 0.126. The molecule has 92 valence electrons. The summed E-state index contributed by atoms with van der Waals surface area (Å²) in [5.74, 6) is 1.08. The van der Waals surface area contributed by atoms with E-state index in [1.54, 1.807) is 18.4 Å². The molecule has 2 heterocycles. The maximum absolute atomic E-state index is 5.69. The lowest BCUT2D eigenvalue weighted by Gasteiger charge is -2.11. The van der Waals surface area contributed by atoms with Crippen molar-refractivity contribution in [3.63, 3.8) is 0 Å². The third-order valence-corrected chi connectivity index (χ3v) is 3.44. The highest BCUT2D eigenvalue weighted by Gasteiger charge is 2.09. The van der Waals surface area contributed by atoms with Crippen LogP contribution in [0.25, 0.3) is 10.2 Å². The van der Waals surface area contributed by atoms with Gasteiger partial charge in [-0.15, -0.1) is 11.3 Å². The Balaban J connectivity index is 2.31. The van der Waals surface area contributed by atoms with Crippen molar-refractivity contribution in [2.24, 2.45) is 0 Å². The SMILES string of the molecule is COC(C)CNc1nc(N)nc2sc(C)cc12. The largest absolute Gasteiger partial charge is 0.380 e. The van der Waals surface area contributed by atoms with E-state index in [1.165, 1.54) is 4.88 Å². The van der Waals surface area contributed by atoms with E-state index in [-0.39, 0.29) is 6.10 Å². The van der Waals surface area contributed by atoms with Gasteiger partial charge in [-0.05, 0) is 19.9 Å². The van der Waals surface area contributed by atoms with Crippen LogP contribution in [-0.2, 0) is 4.74 Å². The van der Waals surface area contributed by atoms with Gasteiger partial charge in [0.25, 0.3) is 0 Å². The zero-order chi connectivity index (χ0) is 12.4. The summed E-state index contributed by atoms with van der Waals surface area (Å²) in [5, 5.41) is 4.26. The molecule has 17 heavy (non-hydrogen) atoms. The van der Waals surface area contributed by atoms with Gasteiger partial charge in [0.05, 0.1) is 11.5 Å². The topological polar surface area (TPSA) is 73.1 Å². The van der Waals surface area contributed by atoms with Crippen LogP contribution in [-0.4, -0.2) is 29.7 Å². The molecule has 0 aliphatic carbocycles. The number of nitrogens with one attached hydrogen (secondary N) is 1. The van der Waals surface area contributed by atoms with Crippen LogP contribution in [0.15, 0.2) is 6.07 Å². The molecule has 0 spiro atoms. The van der Waals surface area contributed by atoms with Crippen LogP contribution >= 0.6 is 11.3 Å². The number of nitrogens with zero attached hydrogens (tertiary/aromatic N) is 2. The lowest BCUT2D eigenvalue weighted by molar-refractivity contribution is 0.128. The van der Waals surface area contributed by atoms with Crippen molar-refractivity contribution in [1.82, 2.24) is 9.97 Å². The number of nitrogen functional groups attached to an aromatic ring is 1. The monoisotopic (exact) mass is 252 g/mol. The molecule has 2 aromatic heterocycles. The highest BCUT2D eigenvalue weighted by atomic mass is 32.1. The van der Waals surface area contributed by atoms with Crippen molar-refractivity contribution in [1.29, 1.82) is 0 Å². The summed E-state index contributed by atoms with van der Waals surface area (Å²) in [5.41, 5.74) is 5.69. The molecule has 0 fully saturated rings. The molecule has 0 aromatic carbocycles. The van der Waals surface area contributed by atoms with E-state index in [0.29, 0.717) is 12.5 Å². The fraction of sp³-hybridized carbons (Fsp3) is 0.455. The van der Waals surface area contributed by atoms with Crippen molar-refractivity contribution in [2.45, 2.75) is 20.0 Å².